The van der Waals surface area contributed by atoms with Crippen LogP contribution in [0.5, 0.6) is 0 Å². The van der Waals surface area contributed by atoms with E-state index in [0.717, 1.165) is 30.3 Å². The van der Waals surface area contributed by atoms with Crippen molar-refractivity contribution < 1.29 is 4.74 Å². The highest BCUT2D eigenvalue weighted by molar-refractivity contribution is 5.64. The largest absolute Gasteiger partial charge is 0.384 e. The van der Waals surface area contributed by atoms with E-state index in [2.05, 4.69) is 55.5 Å². The molecule has 0 spiro atoms. The van der Waals surface area contributed by atoms with Crippen LogP contribution in [0.2, 0.25) is 0 Å². The Labute approximate surface area is 184 Å². The minimum Gasteiger partial charge on any atom is -0.384 e. The lowest BCUT2D eigenvalue weighted by Crippen LogP contribution is -2.17. The predicted molar refractivity (Wildman–Crippen MR) is 128 cm³/mol. The van der Waals surface area contributed by atoms with Crippen LogP contribution in [-0.4, -0.2) is 13.7 Å². The Hall–Kier alpha value is -1.60. The first-order valence-electron chi connectivity index (χ1n) is 12.5. The fourth-order valence-electron chi connectivity index (χ4n) is 5.99. The van der Waals surface area contributed by atoms with E-state index >= 15 is 0 Å². The zero-order valence-electron chi connectivity index (χ0n) is 19.1. The Kier molecular flexibility index (Phi) is 7.66. The van der Waals surface area contributed by atoms with Crippen molar-refractivity contribution in [1.29, 1.82) is 0 Å². The molecule has 30 heavy (non-hydrogen) atoms. The monoisotopic (exact) mass is 404 g/mol. The molecule has 0 heterocycles. The third-order valence-electron chi connectivity index (χ3n) is 7.89. The highest BCUT2D eigenvalue weighted by atomic mass is 16.5. The molecule has 2 aliphatic carbocycles. The standard InChI is InChI=1S/C29H40O/c1-3-4-22-5-9-24(10-6-22)26-13-17-28(18-14-26)29-19-15-27(16-20-29)25-11-7-23(8-12-25)21-30-2/h13-20,22-25H,3-12,21H2,1-2H3/t22-,23-,24-,25-. The Morgan fingerprint density at radius 1 is 0.633 bits per heavy atom. The molecule has 2 aliphatic rings. The van der Waals surface area contributed by atoms with Crippen LogP contribution in [0.25, 0.3) is 11.1 Å². The second kappa shape index (κ2) is 10.6. The van der Waals surface area contributed by atoms with Crippen molar-refractivity contribution in [3.63, 3.8) is 0 Å². The Morgan fingerprint density at radius 2 is 1.07 bits per heavy atom. The maximum atomic E-state index is 5.35. The second-order valence-electron chi connectivity index (χ2n) is 9.92. The van der Waals surface area contributed by atoms with E-state index in [1.807, 2.05) is 7.11 Å². The fraction of sp³-hybridized carbons (Fsp3) is 0.586. The Balaban J connectivity index is 1.33. The summed E-state index contributed by atoms with van der Waals surface area (Å²) in [4.78, 5) is 0. The summed E-state index contributed by atoms with van der Waals surface area (Å²) >= 11 is 0. The van der Waals surface area contributed by atoms with Gasteiger partial charge in [0.1, 0.15) is 0 Å². The number of benzene rings is 2. The van der Waals surface area contributed by atoms with E-state index in [1.165, 1.54) is 80.9 Å². The van der Waals surface area contributed by atoms with Crippen molar-refractivity contribution in [1.82, 2.24) is 0 Å². The summed E-state index contributed by atoms with van der Waals surface area (Å²) in [5.41, 5.74) is 5.78. The third-order valence-corrected chi connectivity index (χ3v) is 7.89. The van der Waals surface area contributed by atoms with E-state index in [1.54, 1.807) is 5.56 Å². The summed E-state index contributed by atoms with van der Waals surface area (Å²) < 4.78 is 5.35. The number of hydrogen-bond acceptors (Lipinski definition) is 1. The first-order chi connectivity index (χ1) is 14.8. The number of hydrogen-bond donors (Lipinski definition) is 0. The van der Waals surface area contributed by atoms with Crippen LogP contribution < -0.4 is 0 Å². The maximum absolute atomic E-state index is 5.35. The number of rotatable bonds is 7. The average Bonchev–Trinajstić information content (AvgIpc) is 2.81. The van der Waals surface area contributed by atoms with Crippen molar-refractivity contribution in [3.8, 4) is 11.1 Å². The molecule has 0 radical (unpaired) electrons. The van der Waals surface area contributed by atoms with Crippen molar-refractivity contribution in [2.45, 2.75) is 83.0 Å². The van der Waals surface area contributed by atoms with Gasteiger partial charge in [0.15, 0.2) is 0 Å². The van der Waals surface area contributed by atoms with Gasteiger partial charge in [0.2, 0.25) is 0 Å². The van der Waals surface area contributed by atoms with Crippen LogP contribution in [0.3, 0.4) is 0 Å². The van der Waals surface area contributed by atoms with Crippen molar-refractivity contribution in [2.24, 2.45) is 11.8 Å². The third kappa shape index (κ3) is 5.35. The molecule has 2 aromatic carbocycles. The summed E-state index contributed by atoms with van der Waals surface area (Å²) in [5.74, 6) is 3.27. The molecule has 2 fully saturated rings. The topological polar surface area (TPSA) is 9.23 Å². The molecule has 0 unspecified atom stereocenters. The van der Waals surface area contributed by atoms with Gasteiger partial charge in [-0.05, 0) is 97.3 Å². The van der Waals surface area contributed by atoms with E-state index in [9.17, 15) is 0 Å². The fourth-order valence-corrected chi connectivity index (χ4v) is 5.99. The predicted octanol–water partition coefficient (Wildman–Crippen LogP) is 8.35. The molecule has 0 atom stereocenters. The highest BCUT2D eigenvalue weighted by Crippen LogP contribution is 2.39. The molecule has 0 N–H and O–H groups in total. The minimum atomic E-state index is 0.734. The van der Waals surface area contributed by atoms with Gasteiger partial charge in [0.05, 0.1) is 0 Å². The number of ether oxygens (including phenoxy) is 1. The van der Waals surface area contributed by atoms with E-state index < -0.39 is 0 Å². The van der Waals surface area contributed by atoms with Gasteiger partial charge in [0, 0.05) is 13.7 Å². The molecule has 0 aromatic heterocycles. The molecule has 4 rings (SSSR count). The van der Waals surface area contributed by atoms with Crippen LogP contribution in [-0.2, 0) is 4.74 Å². The van der Waals surface area contributed by atoms with Crippen LogP contribution in [0.15, 0.2) is 48.5 Å². The van der Waals surface area contributed by atoms with Gasteiger partial charge in [-0.2, -0.15) is 0 Å². The van der Waals surface area contributed by atoms with Gasteiger partial charge in [-0.1, -0.05) is 68.3 Å². The van der Waals surface area contributed by atoms with Gasteiger partial charge < -0.3 is 4.74 Å². The first kappa shape index (κ1) is 21.6. The molecular weight excluding hydrogens is 364 g/mol. The maximum Gasteiger partial charge on any atom is 0.0490 e. The van der Waals surface area contributed by atoms with E-state index in [0.29, 0.717) is 0 Å². The molecule has 2 aromatic rings. The normalized spacial score (nSPS) is 27.1. The van der Waals surface area contributed by atoms with Gasteiger partial charge in [-0.15, -0.1) is 0 Å². The Bertz CT molecular complexity index is 676. The summed E-state index contributed by atoms with van der Waals surface area (Å²) in [6, 6.07) is 18.9. The van der Waals surface area contributed by atoms with Gasteiger partial charge in [-0.3, -0.25) is 0 Å². The lowest BCUT2D eigenvalue weighted by molar-refractivity contribution is 0.127. The van der Waals surface area contributed by atoms with Crippen molar-refractivity contribution >= 4 is 0 Å². The summed E-state index contributed by atoms with van der Waals surface area (Å²) in [6.45, 7) is 3.26. The van der Waals surface area contributed by atoms with Crippen LogP contribution in [0.1, 0.15) is 94.1 Å². The van der Waals surface area contributed by atoms with Crippen LogP contribution in [0, 0.1) is 11.8 Å². The molecule has 0 amide bonds. The zero-order chi connectivity index (χ0) is 20.8. The molecule has 1 heteroatoms. The Morgan fingerprint density at radius 3 is 1.47 bits per heavy atom. The molecule has 1 nitrogen and oxygen atoms in total. The lowest BCUT2D eigenvalue weighted by Gasteiger charge is -2.29. The molecule has 162 valence electrons. The SMILES string of the molecule is CCC[C@H]1CC[C@H](c2ccc(-c3ccc([C@H]4CC[C@H](COC)CC4)cc3)cc2)CC1. The smallest absolute Gasteiger partial charge is 0.0490 e. The van der Waals surface area contributed by atoms with Gasteiger partial charge >= 0.3 is 0 Å². The molecular formula is C29H40O. The van der Waals surface area contributed by atoms with E-state index in [4.69, 9.17) is 4.74 Å². The molecule has 0 saturated heterocycles. The second-order valence-corrected chi connectivity index (χ2v) is 9.92. The van der Waals surface area contributed by atoms with Gasteiger partial charge in [0.25, 0.3) is 0 Å². The quantitative estimate of drug-likeness (QED) is 0.450. The van der Waals surface area contributed by atoms with Crippen LogP contribution in [0.4, 0.5) is 0 Å². The summed E-state index contributed by atoms with van der Waals surface area (Å²) in [5, 5.41) is 0. The van der Waals surface area contributed by atoms with Crippen molar-refractivity contribution in [2.75, 3.05) is 13.7 Å². The van der Waals surface area contributed by atoms with E-state index in [-0.39, 0.29) is 0 Å². The first-order valence-corrected chi connectivity index (χ1v) is 12.5. The summed E-state index contributed by atoms with van der Waals surface area (Å²) in [6.07, 6.45) is 13.6. The summed E-state index contributed by atoms with van der Waals surface area (Å²) in [7, 11) is 1.83. The molecule has 0 bridgehead atoms. The molecule has 2 saturated carbocycles. The zero-order valence-corrected chi connectivity index (χ0v) is 19.1. The lowest BCUT2D eigenvalue weighted by atomic mass is 9.77. The minimum absolute atomic E-state index is 0.734. The molecule has 0 aliphatic heterocycles. The average molecular weight is 405 g/mol. The highest BCUT2D eigenvalue weighted by Gasteiger charge is 2.23. The van der Waals surface area contributed by atoms with Crippen molar-refractivity contribution in [3.05, 3.63) is 59.7 Å². The number of methoxy groups -OCH3 is 1. The van der Waals surface area contributed by atoms with Gasteiger partial charge in [-0.25, -0.2) is 0 Å². The van der Waals surface area contributed by atoms with Crippen LogP contribution >= 0.6 is 0 Å².